The second-order valence-corrected chi connectivity index (χ2v) is 6.26. The van der Waals surface area contributed by atoms with Crippen molar-refractivity contribution in [3.8, 4) is 0 Å². The Balaban J connectivity index is 1.93. The Morgan fingerprint density at radius 1 is 1.15 bits per heavy atom. The highest BCUT2D eigenvalue weighted by Crippen LogP contribution is 2.32. The van der Waals surface area contributed by atoms with Crippen LogP contribution in [0.15, 0.2) is 24.3 Å². The van der Waals surface area contributed by atoms with Crippen LogP contribution in [0.25, 0.3) is 0 Å². The number of hydrogen-bond donors (Lipinski definition) is 3. The Hall–Kier alpha value is -3.17. The van der Waals surface area contributed by atoms with Crippen LogP contribution in [0.5, 0.6) is 0 Å². The van der Waals surface area contributed by atoms with Crippen molar-refractivity contribution in [2.24, 2.45) is 5.92 Å². The summed E-state index contributed by atoms with van der Waals surface area (Å²) >= 11 is 0. The number of rotatable bonds is 5. The van der Waals surface area contributed by atoms with E-state index < -0.39 is 41.0 Å². The first kappa shape index (κ1) is 17.6. The van der Waals surface area contributed by atoms with Gasteiger partial charge >= 0.3 is 12.1 Å². The summed E-state index contributed by atoms with van der Waals surface area (Å²) in [4.78, 5) is 48.5. The number of non-ortho nitro benzene ring substituents is 1. The van der Waals surface area contributed by atoms with Gasteiger partial charge in [0.2, 0.25) is 5.91 Å². The van der Waals surface area contributed by atoms with Crippen molar-refractivity contribution >= 4 is 23.7 Å². The zero-order valence-electron chi connectivity index (χ0n) is 14.1. The van der Waals surface area contributed by atoms with E-state index >= 15 is 0 Å². The zero-order chi connectivity index (χ0) is 18.8. The lowest BCUT2D eigenvalue weighted by molar-refractivity contribution is -0.384. The van der Waals surface area contributed by atoms with Crippen LogP contribution in [0, 0.1) is 16.0 Å². The van der Waals surface area contributed by atoms with Crippen molar-refractivity contribution < 1.29 is 19.3 Å². The van der Waals surface area contributed by atoms with Gasteiger partial charge in [-0.05, 0) is 12.0 Å². The molecule has 3 rings (SSSR count). The van der Waals surface area contributed by atoms with Gasteiger partial charge in [0, 0.05) is 18.7 Å². The third-order valence-corrected chi connectivity index (χ3v) is 4.61. The minimum absolute atomic E-state index is 0.0848. The maximum atomic E-state index is 12.5. The fourth-order valence-electron chi connectivity index (χ4n) is 3.30. The predicted octanol–water partition coefficient (Wildman–Crippen LogP) is 1.24. The molecule has 0 saturated carbocycles. The van der Waals surface area contributed by atoms with Crippen LogP contribution in [0.3, 0.4) is 0 Å². The highest BCUT2D eigenvalue weighted by atomic mass is 16.6. The van der Waals surface area contributed by atoms with E-state index in [1.54, 1.807) is 0 Å². The van der Waals surface area contributed by atoms with E-state index in [0.29, 0.717) is 12.1 Å². The summed E-state index contributed by atoms with van der Waals surface area (Å²) in [5, 5.41) is 18.5. The molecule has 26 heavy (non-hydrogen) atoms. The molecule has 10 nitrogen and oxygen atoms in total. The number of urea groups is 2. The molecule has 0 aliphatic carbocycles. The van der Waals surface area contributed by atoms with Crippen LogP contribution in [-0.4, -0.2) is 40.5 Å². The van der Waals surface area contributed by atoms with Gasteiger partial charge in [-0.2, -0.15) is 0 Å². The third kappa shape index (κ3) is 3.17. The van der Waals surface area contributed by atoms with Crippen LogP contribution in [0.4, 0.5) is 15.3 Å². The number of nitro benzene ring substituents is 1. The molecule has 1 aromatic carbocycles. The maximum Gasteiger partial charge on any atom is 0.325 e. The summed E-state index contributed by atoms with van der Waals surface area (Å²) in [6.45, 7) is 2.38. The molecule has 3 N–H and O–H groups in total. The molecule has 10 heteroatoms. The number of carbonyl (C=O) groups excluding carboxylic acids is 3. The van der Waals surface area contributed by atoms with Crippen molar-refractivity contribution in [2.75, 3.05) is 6.54 Å². The van der Waals surface area contributed by atoms with Crippen molar-refractivity contribution in [3.05, 3.63) is 39.9 Å². The molecule has 5 amide bonds. The lowest BCUT2D eigenvalue weighted by Gasteiger charge is -2.46. The van der Waals surface area contributed by atoms with Crippen molar-refractivity contribution in [1.82, 2.24) is 20.9 Å². The average molecular weight is 361 g/mol. The largest absolute Gasteiger partial charge is 0.330 e. The number of imide groups is 1. The van der Waals surface area contributed by atoms with Crippen molar-refractivity contribution in [3.63, 3.8) is 0 Å². The Kier molecular flexibility index (Phi) is 4.74. The molecule has 0 radical (unpaired) electrons. The van der Waals surface area contributed by atoms with Gasteiger partial charge in [-0.25, -0.2) is 9.59 Å². The predicted molar refractivity (Wildman–Crippen MR) is 89.9 cm³/mol. The van der Waals surface area contributed by atoms with Gasteiger partial charge in [-0.15, -0.1) is 0 Å². The Morgan fingerprint density at radius 2 is 1.85 bits per heavy atom. The van der Waals surface area contributed by atoms with Gasteiger partial charge in [0.1, 0.15) is 12.1 Å². The summed E-state index contributed by atoms with van der Waals surface area (Å²) in [6.07, 6.45) is 0.820. The summed E-state index contributed by atoms with van der Waals surface area (Å²) in [6, 6.07) is 3.91. The Morgan fingerprint density at radius 3 is 2.46 bits per heavy atom. The van der Waals surface area contributed by atoms with Crippen LogP contribution in [-0.2, 0) is 4.79 Å². The summed E-state index contributed by atoms with van der Waals surface area (Å²) in [7, 11) is 0. The van der Waals surface area contributed by atoms with Gasteiger partial charge < -0.3 is 15.5 Å². The highest BCUT2D eigenvalue weighted by molar-refractivity contribution is 6.00. The molecule has 0 spiro atoms. The maximum absolute atomic E-state index is 12.5. The number of amides is 5. The van der Waals surface area contributed by atoms with Gasteiger partial charge in [0.05, 0.1) is 11.0 Å². The molecule has 3 atom stereocenters. The number of fused-ring (bicyclic) bond motifs is 1. The number of nitrogens with zero attached hydrogens (tertiary/aromatic N) is 2. The lowest BCUT2D eigenvalue weighted by atomic mass is 9.86. The number of nitro groups is 1. The van der Waals surface area contributed by atoms with Crippen LogP contribution in [0.1, 0.15) is 31.4 Å². The number of hydrogen-bond acceptors (Lipinski definition) is 5. The topological polar surface area (TPSA) is 134 Å². The molecule has 2 heterocycles. The standard InChI is InChI=1S/C16H19N5O5/c1-2-3-8-20-13-11(14(22)19-16(20)24)12(17-15(23)18-13)9-4-6-10(7-5-9)21(25)26/h4-7,11-13H,2-3,8H2,1H3,(H2,17,18,23)(H,19,22,24). The highest BCUT2D eigenvalue weighted by Gasteiger charge is 2.49. The van der Waals surface area contributed by atoms with Crippen molar-refractivity contribution in [1.29, 1.82) is 0 Å². The average Bonchev–Trinajstić information content (AvgIpc) is 2.60. The molecular weight excluding hydrogens is 342 g/mol. The SMILES string of the molecule is CCCCN1C(=O)NC(=O)C2C(c3ccc([N+](=O)[O-])cc3)NC(=O)NC21. The normalized spacial score (nSPS) is 25.0. The summed E-state index contributed by atoms with van der Waals surface area (Å²) in [5.74, 6) is -1.24. The molecule has 138 valence electrons. The van der Waals surface area contributed by atoms with Gasteiger partial charge in [-0.1, -0.05) is 25.5 Å². The quantitative estimate of drug-likeness (QED) is 0.536. The smallest absolute Gasteiger partial charge is 0.325 e. The summed E-state index contributed by atoms with van der Waals surface area (Å²) in [5.41, 5.74) is 0.471. The molecule has 1 aromatic rings. The molecular formula is C16H19N5O5. The van der Waals surface area contributed by atoms with E-state index in [1.807, 2.05) is 6.92 Å². The van der Waals surface area contributed by atoms with E-state index in [9.17, 15) is 24.5 Å². The van der Waals surface area contributed by atoms with Crippen LogP contribution < -0.4 is 16.0 Å². The monoisotopic (exact) mass is 361 g/mol. The van der Waals surface area contributed by atoms with Crippen LogP contribution in [0.2, 0.25) is 0 Å². The van der Waals surface area contributed by atoms with Gasteiger partial charge in [0.25, 0.3) is 5.69 Å². The minimum Gasteiger partial charge on any atom is -0.330 e. The molecule has 2 aliphatic rings. The first-order valence-corrected chi connectivity index (χ1v) is 8.35. The van der Waals surface area contributed by atoms with E-state index in [2.05, 4.69) is 16.0 Å². The van der Waals surface area contributed by atoms with Crippen LogP contribution >= 0.6 is 0 Å². The Bertz CT molecular complexity index is 750. The number of unbranched alkanes of at least 4 members (excludes halogenated alkanes) is 1. The number of benzene rings is 1. The van der Waals surface area contributed by atoms with Gasteiger partial charge in [0.15, 0.2) is 0 Å². The molecule has 2 fully saturated rings. The lowest BCUT2D eigenvalue weighted by Crippen LogP contribution is -2.72. The van der Waals surface area contributed by atoms with E-state index in [4.69, 9.17) is 0 Å². The van der Waals surface area contributed by atoms with E-state index in [-0.39, 0.29) is 5.69 Å². The molecule has 2 aliphatic heterocycles. The Labute approximate surface area is 149 Å². The fraction of sp³-hybridized carbons (Fsp3) is 0.438. The van der Waals surface area contributed by atoms with Gasteiger partial charge in [-0.3, -0.25) is 20.2 Å². The first-order valence-electron chi connectivity index (χ1n) is 8.35. The summed E-state index contributed by atoms with van der Waals surface area (Å²) < 4.78 is 0. The second-order valence-electron chi connectivity index (χ2n) is 6.26. The molecule has 0 aromatic heterocycles. The first-order chi connectivity index (χ1) is 12.4. The second kappa shape index (κ2) is 6.98. The minimum atomic E-state index is -0.767. The zero-order valence-corrected chi connectivity index (χ0v) is 14.1. The molecule has 3 unspecified atom stereocenters. The molecule has 0 bridgehead atoms. The van der Waals surface area contributed by atoms with Crippen molar-refractivity contribution in [2.45, 2.75) is 32.0 Å². The van der Waals surface area contributed by atoms with E-state index in [0.717, 1.165) is 12.8 Å². The fourth-order valence-corrected chi connectivity index (χ4v) is 3.30. The number of carbonyl (C=O) groups is 3. The van der Waals surface area contributed by atoms with E-state index in [1.165, 1.54) is 29.2 Å². The third-order valence-electron chi connectivity index (χ3n) is 4.61. The number of nitrogens with one attached hydrogen (secondary N) is 3. The molecule has 2 saturated heterocycles.